The number of benzene rings is 1. The molecule has 0 atom stereocenters. The van der Waals surface area contributed by atoms with Gasteiger partial charge in [-0.1, -0.05) is 15.9 Å². The first-order valence-electron chi connectivity index (χ1n) is 6.68. The van der Waals surface area contributed by atoms with Crippen molar-refractivity contribution in [3.63, 3.8) is 0 Å². The summed E-state index contributed by atoms with van der Waals surface area (Å²) in [5.41, 5.74) is 3.64. The van der Waals surface area contributed by atoms with E-state index >= 15 is 0 Å². The van der Waals surface area contributed by atoms with Gasteiger partial charge in [-0.15, -0.1) is 0 Å². The molecule has 1 fully saturated rings. The molecule has 2 aromatic rings. The second-order valence-electron chi connectivity index (χ2n) is 5.15. The molecule has 1 aromatic heterocycles. The van der Waals surface area contributed by atoms with E-state index in [1.165, 1.54) is 16.5 Å². The lowest BCUT2D eigenvalue weighted by molar-refractivity contribution is 0.585. The number of hydrogen-bond donors (Lipinski definition) is 1. The SMILES string of the molecule is Cc1cc(N2CCNCC2)nc2c(C)cc(Br)cc12. The Morgan fingerprint density at radius 3 is 2.58 bits per heavy atom. The average molecular weight is 320 g/mol. The van der Waals surface area contributed by atoms with E-state index in [1.807, 2.05) is 0 Å². The molecule has 1 aromatic carbocycles. The zero-order valence-corrected chi connectivity index (χ0v) is 12.9. The number of nitrogens with one attached hydrogen (secondary N) is 1. The van der Waals surface area contributed by atoms with Crippen LogP contribution in [0.3, 0.4) is 0 Å². The van der Waals surface area contributed by atoms with Crippen molar-refractivity contribution in [2.75, 3.05) is 31.1 Å². The van der Waals surface area contributed by atoms with Crippen LogP contribution in [0.4, 0.5) is 5.82 Å². The van der Waals surface area contributed by atoms with Crippen LogP contribution in [-0.4, -0.2) is 31.2 Å². The maximum Gasteiger partial charge on any atom is 0.129 e. The van der Waals surface area contributed by atoms with E-state index in [4.69, 9.17) is 4.98 Å². The van der Waals surface area contributed by atoms with Crippen molar-refractivity contribution in [2.24, 2.45) is 0 Å². The van der Waals surface area contributed by atoms with Gasteiger partial charge in [0.15, 0.2) is 0 Å². The summed E-state index contributed by atoms with van der Waals surface area (Å²) in [6.07, 6.45) is 0. The van der Waals surface area contributed by atoms with E-state index in [1.54, 1.807) is 0 Å². The molecule has 4 heteroatoms. The fraction of sp³-hybridized carbons (Fsp3) is 0.400. The molecule has 1 saturated heterocycles. The molecule has 0 saturated carbocycles. The van der Waals surface area contributed by atoms with Gasteiger partial charge in [-0.05, 0) is 43.2 Å². The maximum atomic E-state index is 4.88. The van der Waals surface area contributed by atoms with E-state index in [2.05, 4.69) is 58.2 Å². The summed E-state index contributed by atoms with van der Waals surface area (Å²) in [5.74, 6) is 1.11. The summed E-state index contributed by atoms with van der Waals surface area (Å²) in [6.45, 7) is 8.44. The van der Waals surface area contributed by atoms with Crippen LogP contribution >= 0.6 is 15.9 Å². The molecule has 0 radical (unpaired) electrons. The Morgan fingerprint density at radius 2 is 1.84 bits per heavy atom. The number of halogens is 1. The third-order valence-electron chi connectivity index (χ3n) is 3.70. The number of aromatic nitrogens is 1. The van der Waals surface area contributed by atoms with Crippen molar-refractivity contribution in [3.05, 3.63) is 33.8 Å². The first-order chi connectivity index (χ1) is 9.15. The van der Waals surface area contributed by atoms with E-state index in [0.717, 1.165) is 42.0 Å². The van der Waals surface area contributed by atoms with Crippen LogP contribution in [0.2, 0.25) is 0 Å². The molecule has 3 nitrogen and oxygen atoms in total. The van der Waals surface area contributed by atoms with Crippen molar-refractivity contribution in [3.8, 4) is 0 Å². The van der Waals surface area contributed by atoms with Gasteiger partial charge >= 0.3 is 0 Å². The third kappa shape index (κ3) is 2.47. The number of piperazine rings is 1. The monoisotopic (exact) mass is 319 g/mol. The average Bonchev–Trinajstić information content (AvgIpc) is 2.41. The van der Waals surface area contributed by atoms with Gasteiger partial charge < -0.3 is 10.2 Å². The first kappa shape index (κ1) is 12.9. The summed E-state index contributed by atoms with van der Waals surface area (Å²) >= 11 is 3.57. The number of pyridine rings is 1. The molecule has 0 unspecified atom stereocenters. The van der Waals surface area contributed by atoms with Gasteiger partial charge in [-0.3, -0.25) is 0 Å². The van der Waals surface area contributed by atoms with Gasteiger partial charge in [0.25, 0.3) is 0 Å². The second-order valence-corrected chi connectivity index (χ2v) is 6.07. The molecule has 2 heterocycles. The Morgan fingerprint density at radius 1 is 1.11 bits per heavy atom. The fourth-order valence-corrected chi connectivity index (χ4v) is 3.23. The Labute approximate surface area is 122 Å². The molecule has 19 heavy (non-hydrogen) atoms. The molecule has 100 valence electrons. The third-order valence-corrected chi connectivity index (χ3v) is 4.16. The Balaban J connectivity index is 2.13. The van der Waals surface area contributed by atoms with Crippen LogP contribution in [0.15, 0.2) is 22.7 Å². The summed E-state index contributed by atoms with van der Waals surface area (Å²) < 4.78 is 1.12. The lowest BCUT2D eigenvalue weighted by Crippen LogP contribution is -2.43. The minimum Gasteiger partial charge on any atom is -0.354 e. The van der Waals surface area contributed by atoms with Gasteiger partial charge in [0, 0.05) is 36.0 Å². The minimum atomic E-state index is 1.04. The Hall–Kier alpha value is -1.13. The predicted octanol–water partition coefficient (Wildman–Crippen LogP) is 3.02. The number of anilines is 1. The summed E-state index contributed by atoms with van der Waals surface area (Å²) in [4.78, 5) is 7.24. The molecule has 0 aliphatic carbocycles. The van der Waals surface area contributed by atoms with Crippen LogP contribution in [0.25, 0.3) is 10.9 Å². The number of nitrogens with zero attached hydrogens (tertiary/aromatic N) is 2. The normalized spacial score (nSPS) is 16.1. The maximum absolute atomic E-state index is 4.88. The second kappa shape index (κ2) is 5.10. The Kier molecular flexibility index (Phi) is 3.46. The van der Waals surface area contributed by atoms with Crippen LogP contribution in [-0.2, 0) is 0 Å². The zero-order valence-electron chi connectivity index (χ0n) is 11.3. The quantitative estimate of drug-likeness (QED) is 0.875. The predicted molar refractivity (Wildman–Crippen MR) is 84.0 cm³/mol. The standard InChI is InChI=1S/C15H18BrN3/c1-10-8-14(19-5-3-17-4-6-19)18-15-11(2)7-12(16)9-13(10)15/h7-9,17H,3-6H2,1-2H3. The van der Waals surface area contributed by atoms with E-state index in [9.17, 15) is 0 Å². The lowest BCUT2D eigenvalue weighted by Gasteiger charge is -2.29. The molecule has 1 N–H and O–H groups in total. The van der Waals surface area contributed by atoms with Crippen LogP contribution in [0.5, 0.6) is 0 Å². The molecule has 0 spiro atoms. The minimum absolute atomic E-state index is 1.04. The van der Waals surface area contributed by atoms with Gasteiger partial charge in [-0.25, -0.2) is 4.98 Å². The van der Waals surface area contributed by atoms with Gasteiger partial charge in [-0.2, -0.15) is 0 Å². The number of rotatable bonds is 1. The largest absolute Gasteiger partial charge is 0.354 e. The highest BCUT2D eigenvalue weighted by molar-refractivity contribution is 9.10. The highest BCUT2D eigenvalue weighted by atomic mass is 79.9. The molecule has 3 rings (SSSR count). The van der Waals surface area contributed by atoms with E-state index < -0.39 is 0 Å². The highest BCUT2D eigenvalue weighted by Gasteiger charge is 2.14. The van der Waals surface area contributed by atoms with Crippen LogP contribution in [0.1, 0.15) is 11.1 Å². The molecule has 1 aliphatic rings. The first-order valence-corrected chi connectivity index (χ1v) is 7.47. The molecular formula is C15H18BrN3. The lowest BCUT2D eigenvalue weighted by atomic mass is 10.1. The zero-order chi connectivity index (χ0) is 13.4. The van der Waals surface area contributed by atoms with Crippen molar-refractivity contribution in [2.45, 2.75) is 13.8 Å². The summed E-state index contributed by atoms with van der Waals surface area (Å²) in [7, 11) is 0. The fourth-order valence-electron chi connectivity index (χ4n) is 2.66. The number of fused-ring (bicyclic) bond motifs is 1. The van der Waals surface area contributed by atoms with Crippen molar-refractivity contribution in [1.82, 2.24) is 10.3 Å². The smallest absolute Gasteiger partial charge is 0.129 e. The molecule has 0 amide bonds. The van der Waals surface area contributed by atoms with Crippen molar-refractivity contribution in [1.29, 1.82) is 0 Å². The number of aryl methyl sites for hydroxylation is 2. The van der Waals surface area contributed by atoms with Crippen molar-refractivity contribution >= 4 is 32.7 Å². The van der Waals surface area contributed by atoms with Gasteiger partial charge in [0.1, 0.15) is 5.82 Å². The topological polar surface area (TPSA) is 28.2 Å². The van der Waals surface area contributed by atoms with Crippen LogP contribution < -0.4 is 10.2 Å². The van der Waals surface area contributed by atoms with E-state index in [-0.39, 0.29) is 0 Å². The number of hydrogen-bond acceptors (Lipinski definition) is 3. The van der Waals surface area contributed by atoms with Crippen LogP contribution in [0, 0.1) is 13.8 Å². The summed E-state index contributed by atoms with van der Waals surface area (Å²) in [6, 6.07) is 6.50. The molecular weight excluding hydrogens is 302 g/mol. The van der Waals surface area contributed by atoms with E-state index in [0.29, 0.717) is 0 Å². The van der Waals surface area contributed by atoms with Crippen molar-refractivity contribution < 1.29 is 0 Å². The van der Waals surface area contributed by atoms with Gasteiger partial charge in [0.05, 0.1) is 5.52 Å². The Bertz CT molecular complexity index is 618. The highest BCUT2D eigenvalue weighted by Crippen LogP contribution is 2.28. The summed E-state index contributed by atoms with van der Waals surface area (Å²) in [5, 5.41) is 4.62. The molecule has 1 aliphatic heterocycles. The molecule has 0 bridgehead atoms. The van der Waals surface area contributed by atoms with Gasteiger partial charge in [0.2, 0.25) is 0 Å².